The third-order valence-electron chi connectivity index (χ3n) is 4.30. The average Bonchev–Trinajstić information content (AvgIpc) is 2.42. The summed E-state index contributed by atoms with van der Waals surface area (Å²) in [5.41, 5.74) is 7.37. The van der Waals surface area contributed by atoms with Gasteiger partial charge < -0.3 is 10.8 Å². The highest BCUT2D eigenvalue weighted by molar-refractivity contribution is 5.43. The van der Waals surface area contributed by atoms with Crippen LogP contribution in [0.15, 0.2) is 12.1 Å². The van der Waals surface area contributed by atoms with Gasteiger partial charge in [-0.25, -0.2) is 4.39 Å². The molecule has 1 saturated carbocycles. The minimum Gasteiger partial charge on any atom is -0.505 e. The molecule has 0 amide bonds. The first-order chi connectivity index (χ1) is 8.63. The molecule has 1 aromatic rings. The van der Waals surface area contributed by atoms with E-state index >= 15 is 0 Å². The van der Waals surface area contributed by atoms with Gasteiger partial charge in [0.15, 0.2) is 11.6 Å². The van der Waals surface area contributed by atoms with Crippen LogP contribution in [0, 0.1) is 5.82 Å². The Labute approximate surface area is 108 Å². The SMILES string of the molecule is CCc1cc(F)c(O)c(C2(CN)CCCCC2)c1. The van der Waals surface area contributed by atoms with E-state index in [0.29, 0.717) is 6.54 Å². The fourth-order valence-corrected chi connectivity index (χ4v) is 3.08. The molecule has 1 fully saturated rings. The van der Waals surface area contributed by atoms with Crippen molar-refractivity contribution in [2.24, 2.45) is 5.73 Å². The van der Waals surface area contributed by atoms with Gasteiger partial charge in [-0.05, 0) is 30.9 Å². The Morgan fingerprint density at radius 1 is 1.28 bits per heavy atom. The zero-order chi connectivity index (χ0) is 13.2. The lowest BCUT2D eigenvalue weighted by atomic mass is 9.69. The number of hydrogen-bond acceptors (Lipinski definition) is 2. The van der Waals surface area contributed by atoms with Crippen molar-refractivity contribution in [3.63, 3.8) is 0 Å². The van der Waals surface area contributed by atoms with Crippen molar-refractivity contribution < 1.29 is 9.50 Å². The molecule has 1 aliphatic rings. The third kappa shape index (κ3) is 2.24. The zero-order valence-electron chi connectivity index (χ0n) is 11.0. The van der Waals surface area contributed by atoms with Crippen LogP contribution in [0.25, 0.3) is 0 Å². The first-order valence-corrected chi connectivity index (χ1v) is 6.85. The lowest BCUT2D eigenvalue weighted by molar-refractivity contribution is 0.287. The minimum absolute atomic E-state index is 0.195. The summed E-state index contributed by atoms with van der Waals surface area (Å²) in [5, 5.41) is 10.0. The second-order valence-corrected chi connectivity index (χ2v) is 5.37. The van der Waals surface area contributed by atoms with Crippen molar-refractivity contribution in [1.29, 1.82) is 0 Å². The molecule has 0 heterocycles. The summed E-state index contributed by atoms with van der Waals surface area (Å²) in [4.78, 5) is 0. The molecule has 1 aliphatic carbocycles. The minimum atomic E-state index is -0.511. The summed E-state index contributed by atoms with van der Waals surface area (Å²) in [6.45, 7) is 2.47. The van der Waals surface area contributed by atoms with Crippen LogP contribution >= 0.6 is 0 Å². The molecule has 2 nitrogen and oxygen atoms in total. The molecule has 0 unspecified atom stereocenters. The second kappa shape index (κ2) is 5.27. The van der Waals surface area contributed by atoms with E-state index in [2.05, 4.69) is 0 Å². The molecule has 0 spiro atoms. The Morgan fingerprint density at radius 3 is 2.50 bits per heavy atom. The standard InChI is InChI=1S/C15H22FNO/c1-2-11-8-12(14(18)13(16)9-11)15(10-17)6-4-3-5-7-15/h8-9,18H,2-7,10,17H2,1H3. The number of benzene rings is 1. The van der Waals surface area contributed by atoms with Gasteiger partial charge in [-0.1, -0.05) is 32.3 Å². The van der Waals surface area contributed by atoms with Crippen LogP contribution < -0.4 is 5.73 Å². The smallest absolute Gasteiger partial charge is 0.165 e. The quantitative estimate of drug-likeness (QED) is 0.866. The van der Waals surface area contributed by atoms with Gasteiger partial charge in [0, 0.05) is 17.5 Å². The summed E-state index contributed by atoms with van der Waals surface area (Å²) in [7, 11) is 0. The van der Waals surface area contributed by atoms with Gasteiger partial charge in [0.25, 0.3) is 0 Å². The van der Waals surface area contributed by atoms with E-state index in [1.54, 1.807) is 0 Å². The molecule has 1 aromatic carbocycles. The normalized spacial score (nSPS) is 18.8. The van der Waals surface area contributed by atoms with Crippen molar-refractivity contribution in [2.75, 3.05) is 6.54 Å². The van der Waals surface area contributed by atoms with E-state index in [-0.39, 0.29) is 11.2 Å². The molecule has 100 valence electrons. The number of nitrogens with two attached hydrogens (primary N) is 1. The molecule has 0 radical (unpaired) electrons. The summed E-state index contributed by atoms with van der Waals surface area (Å²) in [6, 6.07) is 3.36. The number of aryl methyl sites for hydroxylation is 1. The van der Waals surface area contributed by atoms with Gasteiger partial charge in [0.2, 0.25) is 0 Å². The average molecular weight is 251 g/mol. The number of phenols is 1. The Kier molecular flexibility index (Phi) is 3.91. The summed E-state index contributed by atoms with van der Waals surface area (Å²) in [6.07, 6.45) is 6.08. The van der Waals surface area contributed by atoms with Crippen LogP contribution in [-0.2, 0) is 11.8 Å². The van der Waals surface area contributed by atoms with E-state index in [1.165, 1.54) is 12.5 Å². The molecule has 0 bridgehead atoms. The van der Waals surface area contributed by atoms with Crippen LogP contribution in [0.4, 0.5) is 4.39 Å². The Hall–Kier alpha value is -1.09. The number of phenolic OH excluding ortho intramolecular Hbond substituents is 1. The highest BCUT2D eigenvalue weighted by atomic mass is 19.1. The Bertz CT molecular complexity index is 425. The lowest BCUT2D eigenvalue weighted by Crippen LogP contribution is -2.37. The van der Waals surface area contributed by atoms with Gasteiger partial charge in [0.1, 0.15) is 0 Å². The van der Waals surface area contributed by atoms with Gasteiger partial charge in [-0.15, -0.1) is 0 Å². The first-order valence-electron chi connectivity index (χ1n) is 6.85. The van der Waals surface area contributed by atoms with E-state index in [4.69, 9.17) is 5.73 Å². The van der Waals surface area contributed by atoms with Crippen LogP contribution in [0.1, 0.15) is 50.2 Å². The van der Waals surface area contributed by atoms with Gasteiger partial charge in [0.05, 0.1) is 0 Å². The molecule has 0 saturated heterocycles. The van der Waals surface area contributed by atoms with Crippen molar-refractivity contribution in [3.8, 4) is 5.75 Å². The van der Waals surface area contributed by atoms with Crippen molar-refractivity contribution in [2.45, 2.75) is 50.9 Å². The number of aromatic hydroxyl groups is 1. The zero-order valence-corrected chi connectivity index (χ0v) is 11.0. The molecule has 0 aromatic heterocycles. The monoisotopic (exact) mass is 251 g/mol. The Morgan fingerprint density at radius 2 is 1.94 bits per heavy atom. The van der Waals surface area contributed by atoms with Crippen LogP contribution in [0.5, 0.6) is 5.75 Å². The first kappa shape index (κ1) is 13.3. The maximum Gasteiger partial charge on any atom is 0.165 e. The molecule has 2 rings (SSSR count). The fraction of sp³-hybridized carbons (Fsp3) is 0.600. The van der Waals surface area contributed by atoms with Gasteiger partial charge >= 0.3 is 0 Å². The summed E-state index contributed by atoms with van der Waals surface area (Å²) in [5.74, 6) is -0.706. The van der Waals surface area contributed by atoms with Crippen LogP contribution in [-0.4, -0.2) is 11.7 Å². The van der Waals surface area contributed by atoms with E-state index < -0.39 is 5.82 Å². The van der Waals surface area contributed by atoms with E-state index in [1.807, 2.05) is 13.0 Å². The molecule has 3 heteroatoms. The Balaban J connectivity index is 2.50. The van der Waals surface area contributed by atoms with Crippen LogP contribution in [0.3, 0.4) is 0 Å². The maximum atomic E-state index is 13.8. The third-order valence-corrected chi connectivity index (χ3v) is 4.30. The summed E-state index contributed by atoms with van der Waals surface area (Å²) < 4.78 is 13.8. The van der Waals surface area contributed by atoms with E-state index in [9.17, 15) is 9.50 Å². The molecule has 0 atom stereocenters. The predicted molar refractivity (Wildman–Crippen MR) is 71.3 cm³/mol. The fourth-order valence-electron chi connectivity index (χ4n) is 3.08. The van der Waals surface area contributed by atoms with Gasteiger partial charge in [-0.3, -0.25) is 0 Å². The number of halogens is 1. The van der Waals surface area contributed by atoms with Crippen molar-refractivity contribution in [1.82, 2.24) is 0 Å². The number of rotatable bonds is 3. The topological polar surface area (TPSA) is 46.2 Å². The highest BCUT2D eigenvalue weighted by Gasteiger charge is 2.35. The van der Waals surface area contributed by atoms with E-state index in [0.717, 1.165) is 43.2 Å². The molecule has 0 aliphatic heterocycles. The largest absolute Gasteiger partial charge is 0.505 e. The number of hydrogen-bond donors (Lipinski definition) is 2. The van der Waals surface area contributed by atoms with Crippen LogP contribution in [0.2, 0.25) is 0 Å². The maximum absolute atomic E-state index is 13.8. The van der Waals surface area contributed by atoms with Crippen molar-refractivity contribution >= 4 is 0 Å². The molecule has 18 heavy (non-hydrogen) atoms. The van der Waals surface area contributed by atoms with Crippen molar-refractivity contribution in [3.05, 3.63) is 29.1 Å². The summed E-state index contributed by atoms with van der Waals surface area (Å²) >= 11 is 0. The molecule has 3 N–H and O–H groups in total. The lowest BCUT2D eigenvalue weighted by Gasteiger charge is -2.37. The predicted octanol–water partition coefficient (Wildman–Crippen LogP) is 3.25. The highest BCUT2D eigenvalue weighted by Crippen LogP contribution is 2.43. The molecular weight excluding hydrogens is 229 g/mol. The molecular formula is C15H22FNO. The second-order valence-electron chi connectivity index (χ2n) is 5.37. The van der Waals surface area contributed by atoms with Gasteiger partial charge in [-0.2, -0.15) is 0 Å².